The highest BCUT2D eigenvalue weighted by Gasteiger charge is 2.25. The number of rotatable bonds is 10. The number of nitrogens with one attached hydrogen (secondary N) is 3. The van der Waals surface area contributed by atoms with Crippen LogP contribution in [0.4, 0.5) is 10.3 Å². The van der Waals surface area contributed by atoms with Crippen molar-refractivity contribution >= 4 is 11.9 Å². The largest absolute Gasteiger partial charge is 0.467 e. The summed E-state index contributed by atoms with van der Waals surface area (Å²) in [7, 11) is 0. The summed E-state index contributed by atoms with van der Waals surface area (Å²) < 4.78 is 31.0. The Balaban J connectivity index is 1.13. The fraction of sp³-hybridized carbons (Fsp3) is 0.226. The number of carbonyl (C=O) groups excluding carboxylic acids is 1. The van der Waals surface area contributed by atoms with Crippen molar-refractivity contribution in [3.05, 3.63) is 108 Å². The molecule has 0 saturated carbocycles. The summed E-state index contributed by atoms with van der Waals surface area (Å²) in [6.07, 6.45) is 3.12. The SMILES string of the molecule is O=C(NCC1COC(Cc2nc(-c3ccc(F)cc3)c(-c3ccnc(NCc4ccco4)n3)[nH]2)OC1)c1ccccc1. The van der Waals surface area contributed by atoms with Gasteiger partial charge in [0.2, 0.25) is 5.95 Å². The molecule has 1 aliphatic heterocycles. The molecule has 1 aliphatic rings. The maximum absolute atomic E-state index is 13.7. The highest BCUT2D eigenvalue weighted by atomic mass is 19.1. The van der Waals surface area contributed by atoms with E-state index in [0.717, 1.165) is 11.3 Å². The summed E-state index contributed by atoms with van der Waals surface area (Å²) in [5.74, 6) is 1.39. The number of aromatic amines is 1. The molecule has 10 nitrogen and oxygen atoms in total. The lowest BCUT2D eigenvalue weighted by molar-refractivity contribution is -0.198. The molecule has 0 spiro atoms. The second-order valence-corrected chi connectivity index (χ2v) is 9.85. The van der Waals surface area contributed by atoms with Gasteiger partial charge in [-0.2, -0.15) is 0 Å². The number of benzene rings is 2. The number of amides is 1. The Labute approximate surface area is 241 Å². The quantitative estimate of drug-likeness (QED) is 0.219. The second-order valence-electron chi connectivity index (χ2n) is 9.85. The van der Waals surface area contributed by atoms with E-state index in [0.29, 0.717) is 67.1 Å². The van der Waals surface area contributed by atoms with Crippen molar-refractivity contribution in [2.24, 2.45) is 5.92 Å². The Kier molecular flexibility index (Phi) is 8.29. The molecule has 0 unspecified atom stereocenters. The van der Waals surface area contributed by atoms with Gasteiger partial charge in [-0.15, -0.1) is 0 Å². The molecule has 3 N–H and O–H groups in total. The van der Waals surface area contributed by atoms with E-state index in [4.69, 9.17) is 18.9 Å². The normalized spacial score (nSPS) is 16.7. The number of aromatic nitrogens is 4. The third-order valence-corrected chi connectivity index (χ3v) is 6.77. The van der Waals surface area contributed by atoms with Crippen molar-refractivity contribution in [3.63, 3.8) is 0 Å². The molecule has 0 bridgehead atoms. The number of carbonyl (C=O) groups is 1. The molecule has 42 heavy (non-hydrogen) atoms. The highest BCUT2D eigenvalue weighted by Crippen LogP contribution is 2.30. The smallest absolute Gasteiger partial charge is 0.251 e. The van der Waals surface area contributed by atoms with Crippen molar-refractivity contribution in [2.45, 2.75) is 19.3 Å². The molecule has 1 fully saturated rings. The van der Waals surface area contributed by atoms with Gasteiger partial charge in [0.25, 0.3) is 5.91 Å². The molecule has 0 aliphatic carbocycles. The number of ether oxygens (including phenoxy) is 2. The Morgan fingerprint density at radius 1 is 0.976 bits per heavy atom. The van der Waals surface area contributed by atoms with Crippen molar-refractivity contribution < 1.29 is 23.1 Å². The van der Waals surface area contributed by atoms with E-state index < -0.39 is 6.29 Å². The van der Waals surface area contributed by atoms with E-state index in [1.807, 2.05) is 30.3 Å². The van der Waals surface area contributed by atoms with Crippen molar-refractivity contribution in [1.29, 1.82) is 0 Å². The Morgan fingerprint density at radius 3 is 2.55 bits per heavy atom. The number of hydrogen-bond acceptors (Lipinski definition) is 8. The number of nitrogens with zero attached hydrogens (tertiary/aromatic N) is 3. The zero-order chi connectivity index (χ0) is 28.7. The summed E-state index contributed by atoms with van der Waals surface area (Å²) >= 11 is 0. The predicted octanol–water partition coefficient (Wildman–Crippen LogP) is 4.84. The molecule has 1 saturated heterocycles. The lowest BCUT2D eigenvalue weighted by Crippen LogP contribution is -2.40. The first-order valence-electron chi connectivity index (χ1n) is 13.6. The number of anilines is 1. The zero-order valence-electron chi connectivity index (χ0n) is 22.6. The van der Waals surface area contributed by atoms with E-state index in [2.05, 4.69) is 25.6 Å². The Bertz CT molecular complexity index is 1600. The standard InChI is InChI=1S/C31H29FN6O4/c32-23-10-8-21(9-11-23)28-29(25-12-13-33-31(36-25)35-17-24-7-4-14-40-24)38-26(37-28)15-27-41-18-20(19-42-27)16-34-30(39)22-5-2-1-3-6-22/h1-14,20,27H,15-19H2,(H,34,39)(H,37,38)(H,33,35,36). The van der Waals surface area contributed by atoms with Crippen molar-refractivity contribution in [2.75, 3.05) is 25.1 Å². The van der Waals surface area contributed by atoms with Gasteiger partial charge in [0.1, 0.15) is 17.4 Å². The van der Waals surface area contributed by atoms with Crippen LogP contribution in [-0.2, 0) is 22.4 Å². The summed E-state index contributed by atoms with van der Waals surface area (Å²) in [6.45, 7) is 1.76. The summed E-state index contributed by atoms with van der Waals surface area (Å²) in [4.78, 5) is 29.5. The molecular formula is C31H29FN6O4. The molecule has 214 valence electrons. The van der Waals surface area contributed by atoms with Gasteiger partial charge in [-0.3, -0.25) is 4.79 Å². The number of halogens is 1. The van der Waals surface area contributed by atoms with Gasteiger partial charge in [0.15, 0.2) is 6.29 Å². The summed E-state index contributed by atoms with van der Waals surface area (Å²) in [5.41, 5.74) is 3.25. The first kappa shape index (κ1) is 27.3. The first-order chi connectivity index (χ1) is 20.6. The highest BCUT2D eigenvalue weighted by molar-refractivity contribution is 5.94. The average Bonchev–Trinajstić information content (AvgIpc) is 3.71. The van der Waals surface area contributed by atoms with E-state index >= 15 is 0 Å². The van der Waals surface area contributed by atoms with Gasteiger partial charge in [-0.1, -0.05) is 18.2 Å². The van der Waals surface area contributed by atoms with Crippen LogP contribution < -0.4 is 10.6 Å². The fourth-order valence-corrected chi connectivity index (χ4v) is 4.59. The lowest BCUT2D eigenvalue weighted by Gasteiger charge is -2.29. The van der Waals surface area contributed by atoms with E-state index in [1.54, 1.807) is 42.8 Å². The number of H-pyrrole nitrogens is 1. The second kappa shape index (κ2) is 12.8. The summed E-state index contributed by atoms with van der Waals surface area (Å²) in [5, 5.41) is 6.10. The first-order valence-corrected chi connectivity index (χ1v) is 13.6. The van der Waals surface area contributed by atoms with Crippen LogP contribution in [0.3, 0.4) is 0 Å². The van der Waals surface area contributed by atoms with E-state index in [1.165, 1.54) is 12.1 Å². The molecule has 3 aromatic heterocycles. The van der Waals surface area contributed by atoms with Gasteiger partial charge < -0.3 is 29.5 Å². The van der Waals surface area contributed by atoms with Crippen LogP contribution in [0.25, 0.3) is 22.6 Å². The molecule has 2 aromatic carbocycles. The van der Waals surface area contributed by atoms with Crippen LogP contribution in [0.15, 0.2) is 89.7 Å². The molecule has 5 aromatic rings. The lowest BCUT2D eigenvalue weighted by atomic mass is 10.1. The molecular weight excluding hydrogens is 539 g/mol. The molecule has 1 amide bonds. The third kappa shape index (κ3) is 6.70. The van der Waals surface area contributed by atoms with Crippen molar-refractivity contribution in [3.8, 4) is 22.6 Å². The maximum atomic E-state index is 13.7. The monoisotopic (exact) mass is 568 g/mol. The average molecular weight is 569 g/mol. The van der Waals surface area contributed by atoms with Crippen molar-refractivity contribution in [1.82, 2.24) is 25.3 Å². The van der Waals surface area contributed by atoms with Crippen LogP contribution >= 0.6 is 0 Å². The molecule has 0 radical (unpaired) electrons. The van der Waals surface area contributed by atoms with Crippen LogP contribution in [0.2, 0.25) is 0 Å². The van der Waals surface area contributed by atoms with E-state index in [9.17, 15) is 9.18 Å². The molecule has 0 atom stereocenters. The van der Waals surface area contributed by atoms with Gasteiger partial charge in [-0.25, -0.2) is 19.3 Å². The maximum Gasteiger partial charge on any atom is 0.251 e. The van der Waals surface area contributed by atoms with Gasteiger partial charge in [-0.05, 0) is 54.6 Å². The predicted molar refractivity (Wildman–Crippen MR) is 153 cm³/mol. The van der Waals surface area contributed by atoms with Crippen LogP contribution in [-0.4, -0.2) is 51.9 Å². The molecule has 6 rings (SSSR count). The molecule has 4 heterocycles. The number of furan rings is 1. The van der Waals surface area contributed by atoms with Crippen LogP contribution in [0.1, 0.15) is 21.9 Å². The Morgan fingerprint density at radius 2 is 1.79 bits per heavy atom. The fourth-order valence-electron chi connectivity index (χ4n) is 4.59. The number of imidazole rings is 1. The van der Waals surface area contributed by atoms with Crippen LogP contribution in [0, 0.1) is 11.7 Å². The van der Waals surface area contributed by atoms with E-state index in [-0.39, 0.29) is 17.6 Å². The minimum Gasteiger partial charge on any atom is -0.467 e. The minimum atomic E-state index is -0.512. The van der Waals surface area contributed by atoms with Gasteiger partial charge in [0.05, 0.1) is 49.5 Å². The summed E-state index contributed by atoms with van der Waals surface area (Å²) in [6, 6.07) is 20.7. The third-order valence-electron chi connectivity index (χ3n) is 6.77. The topological polar surface area (TPSA) is 127 Å². The van der Waals surface area contributed by atoms with Gasteiger partial charge >= 0.3 is 0 Å². The van der Waals surface area contributed by atoms with Gasteiger partial charge in [0, 0.05) is 29.8 Å². The molecule has 11 heteroatoms. The Hall–Kier alpha value is -4.87. The van der Waals surface area contributed by atoms with Crippen LogP contribution in [0.5, 0.6) is 0 Å². The zero-order valence-corrected chi connectivity index (χ0v) is 22.6. The minimum absolute atomic E-state index is 0.0315. The number of hydrogen-bond donors (Lipinski definition) is 3.